The summed E-state index contributed by atoms with van der Waals surface area (Å²) in [5, 5.41) is 0. The highest BCUT2D eigenvalue weighted by atomic mass is 127. The highest BCUT2D eigenvalue weighted by Crippen LogP contribution is 2.32. The van der Waals surface area contributed by atoms with Gasteiger partial charge in [0.2, 0.25) is 0 Å². The van der Waals surface area contributed by atoms with Crippen molar-refractivity contribution in [1.29, 1.82) is 0 Å². The third kappa shape index (κ3) is 6.86. The summed E-state index contributed by atoms with van der Waals surface area (Å²) >= 11 is 8.52. The van der Waals surface area contributed by atoms with Gasteiger partial charge in [-0.05, 0) is 133 Å². The smallest absolute Gasteiger partial charge is 0.349 e. The van der Waals surface area contributed by atoms with Gasteiger partial charge < -0.3 is 14.0 Å². The summed E-state index contributed by atoms with van der Waals surface area (Å²) in [6.07, 6.45) is 0. The van der Waals surface area contributed by atoms with Crippen molar-refractivity contribution < 1.29 is 32.0 Å². The zero-order valence-electron chi connectivity index (χ0n) is 16.3. The molecule has 2 rings (SSSR count). The predicted octanol–water partition coefficient (Wildman–Crippen LogP) is 5.20. The van der Waals surface area contributed by atoms with Gasteiger partial charge in [0.15, 0.2) is 6.61 Å². The molecule has 0 radical (unpaired) electrons. The summed E-state index contributed by atoms with van der Waals surface area (Å²) in [6, 6.07) is 4.24. The molecule has 0 saturated heterocycles. The number of esters is 2. The molecule has 0 unspecified atom stereocenters. The summed E-state index contributed by atoms with van der Waals surface area (Å²) in [7, 11) is -4.67. The van der Waals surface area contributed by atoms with Crippen LogP contribution in [0.3, 0.4) is 0 Å². The highest BCUT2D eigenvalue weighted by Gasteiger charge is 2.21. The molecule has 168 valence electrons. The van der Waals surface area contributed by atoms with E-state index in [1.807, 2.05) is 0 Å². The van der Waals surface area contributed by atoms with Gasteiger partial charge in [0.25, 0.3) is 0 Å². The molecule has 0 aromatic heterocycles. The van der Waals surface area contributed by atoms with Crippen LogP contribution in [0.25, 0.3) is 0 Å². The first-order chi connectivity index (χ1) is 14.2. The van der Waals surface area contributed by atoms with Crippen molar-refractivity contribution in [2.45, 2.75) is 31.6 Å². The number of carbonyl (C=O) groups excluding carboxylic acids is 2. The van der Waals surface area contributed by atoms with Crippen molar-refractivity contribution in [3.63, 3.8) is 0 Å². The van der Waals surface area contributed by atoms with Gasteiger partial charge >= 0.3 is 11.9 Å². The lowest BCUT2D eigenvalue weighted by atomic mass is 10.0. The fraction of sp³-hybridized carbons (Fsp3) is 0.263. The Bertz CT molecular complexity index is 1160. The normalized spacial score (nSPS) is 11.5. The number of hydrogen-bond donors (Lipinski definition) is 0. The second-order valence-corrected chi connectivity index (χ2v) is 12.4. The molecule has 0 atom stereocenters. The highest BCUT2D eigenvalue weighted by molar-refractivity contribution is 14.1. The molecule has 0 saturated carbocycles. The van der Waals surface area contributed by atoms with E-state index in [2.05, 4.69) is 90.4 Å². The average Bonchev–Trinajstić information content (AvgIpc) is 2.67. The molecule has 2 aromatic carbocycles. The molecule has 0 spiro atoms. The third-order valence-corrected chi connectivity index (χ3v) is 12.2. The molecule has 0 aliphatic rings. The van der Waals surface area contributed by atoms with E-state index in [0.717, 1.165) is 14.3 Å². The van der Waals surface area contributed by atoms with Crippen LogP contribution in [0.2, 0.25) is 0 Å². The number of ether oxygens (including phenoxy) is 2. The number of halogens is 4. The molecule has 0 bridgehead atoms. The Morgan fingerprint density at radius 2 is 1.65 bits per heavy atom. The van der Waals surface area contributed by atoms with E-state index >= 15 is 0 Å². The van der Waals surface area contributed by atoms with Crippen LogP contribution in [-0.4, -0.2) is 31.5 Å². The minimum Gasteiger partial charge on any atom is -0.744 e. The van der Waals surface area contributed by atoms with E-state index in [1.54, 1.807) is 19.9 Å². The Balaban J connectivity index is 2.19. The lowest BCUT2D eigenvalue weighted by molar-refractivity contribution is -0.137. The second-order valence-electron chi connectivity index (χ2n) is 6.66. The molecule has 0 aliphatic heterocycles. The molecular weight excluding hydrogens is 880 g/mol. The zero-order chi connectivity index (χ0) is 23.7. The van der Waals surface area contributed by atoms with Crippen LogP contribution in [0, 0.1) is 21.2 Å². The minimum atomic E-state index is -4.67. The zero-order valence-corrected chi connectivity index (χ0v) is 25.7. The second kappa shape index (κ2) is 11.1. The monoisotopic (exact) mass is 895 g/mol. The number of carbonyl (C=O) groups is 2. The SMILES string of the molecule is Cc1cc(S(=O)(=O)[O-])c(C(C)C)cc1OC(=O)COC(=O)c1cc(I)c(I)c(I)c1I. The van der Waals surface area contributed by atoms with Crippen LogP contribution in [0.15, 0.2) is 23.1 Å². The number of aryl methyl sites for hydroxylation is 1. The topological polar surface area (TPSA) is 110 Å². The summed E-state index contributed by atoms with van der Waals surface area (Å²) in [4.78, 5) is 24.4. The first-order valence-corrected chi connectivity index (χ1v) is 14.3. The van der Waals surface area contributed by atoms with Gasteiger partial charge in [-0.2, -0.15) is 0 Å². The van der Waals surface area contributed by atoms with E-state index < -0.39 is 28.7 Å². The Kier molecular flexibility index (Phi) is 9.82. The molecule has 31 heavy (non-hydrogen) atoms. The Hall–Kier alpha value is 0.210. The van der Waals surface area contributed by atoms with Crippen LogP contribution in [-0.2, 0) is 19.6 Å². The van der Waals surface area contributed by atoms with Crippen LogP contribution < -0.4 is 4.74 Å². The van der Waals surface area contributed by atoms with Gasteiger partial charge in [0, 0.05) is 14.3 Å². The minimum absolute atomic E-state index is 0.102. The van der Waals surface area contributed by atoms with E-state index in [1.165, 1.54) is 19.1 Å². The van der Waals surface area contributed by atoms with Gasteiger partial charge in [-0.25, -0.2) is 18.0 Å². The molecule has 0 fully saturated rings. The first kappa shape index (κ1) is 27.5. The quantitative estimate of drug-likeness (QED) is 0.0980. The van der Waals surface area contributed by atoms with Gasteiger partial charge in [-0.15, -0.1) is 0 Å². The lowest BCUT2D eigenvalue weighted by Crippen LogP contribution is -2.20. The van der Waals surface area contributed by atoms with E-state index in [0.29, 0.717) is 11.1 Å². The van der Waals surface area contributed by atoms with Crippen molar-refractivity contribution in [2.75, 3.05) is 6.61 Å². The van der Waals surface area contributed by atoms with Crippen LogP contribution in [0.1, 0.15) is 41.3 Å². The van der Waals surface area contributed by atoms with Crippen molar-refractivity contribution in [3.05, 3.63) is 49.2 Å². The third-order valence-electron chi connectivity index (χ3n) is 4.07. The standard InChI is InChI=1S/C19H16I4O7S/c1-8(2)10-6-13(9(3)4-14(10)31(26,27)28)30-15(24)7-29-19(25)11-5-12(20)17(22)18(23)16(11)21/h4-6,8H,7H2,1-3H3,(H,26,27,28)/p-1. The van der Waals surface area contributed by atoms with Gasteiger partial charge in [-0.3, -0.25) is 0 Å². The summed E-state index contributed by atoms with van der Waals surface area (Å²) in [6.45, 7) is 4.34. The lowest BCUT2D eigenvalue weighted by Gasteiger charge is -2.18. The number of hydrogen-bond acceptors (Lipinski definition) is 7. The fourth-order valence-corrected chi connectivity index (χ4v) is 6.70. The number of rotatable bonds is 6. The van der Waals surface area contributed by atoms with Crippen molar-refractivity contribution in [2.24, 2.45) is 0 Å². The molecule has 7 nitrogen and oxygen atoms in total. The molecule has 0 aliphatic carbocycles. The Labute approximate surface area is 234 Å². The molecule has 0 N–H and O–H groups in total. The van der Waals surface area contributed by atoms with Crippen molar-refractivity contribution in [3.8, 4) is 5.75 Å². The van der Waals surface area contributed by atoms with Gasteiger partial charge in [-0.1, -0.05) is 13.8 Å². The van der Waals surface area contributed by atoms with E-state index in [-0.39, 0.29) is 22.1 Å². The molecule has 0 heterocycles. The number of benzene rings is 2. The summed E-state index contributed by atoms with van der Waals surface area (Å²) in [5.41, 5.74) is 0.902. The van der Waals surface area contributed by atoms with Crippen LogP contribution in [0.5, 0.6) is 5.75 Å². The van der Waals surface area contributed by atoms with E-state index in [4.69, 9.17) is 9.47 Å². The van der Waals surface area contributed by atoms with Gasteiger partial charge in [0.05, 0.1) is 10.5 Å². The van der Waals surface area contributed by atoms with Crippen LogP contribution in [0.4, 0.5) is 0 Å². The maximum absolute atomic E-state index is 12.5. The molecule has 0 amide bonds. The largest absolute Gasteiger partial charge is 0.744 e. The average molecular weight is 895 g/mol. The van der Waals surface area contributed by atoms with Gasteiger partial charge in [0.1, 0.15) is 15.9 Å². The predicted molar refractivity (Wildman–Crippen MR) is 146 cm³/mol. The Morgan fingerprint density at radius 3 is 2.19 bits per heavy atom. The first-order valence-electron chi connectivity index (χ1n) is 8.55. The summed E-state index contributed by atoms with van der Waals surface area (Å²) in [5.74, 6) is -1.66. The molecule has 2 aromatic rings. The van der Waals surface area contributed by atoms with E-state index in [9.17, 15) is 22.6 Å². The maximum Gasteiger partial charge on any atom is 0.349 e. The Morgan fingerprint density at radius 1 is 1.03 bits per heavy atom. The van der Waals surface area contributed by atoms with Crippen LogP contribution >= 0.6 is 90.4 Å². The molecule has 12 heteroatoms. The van der Waals surface area contributed by atoms with Crippen molar-refractivity contribution in [1.82, 2.24) is 0 Å². The fourth-order valence-electron chi connectivity index (χ4n) is 2.53. The molecular formula is C19H15I4O7S-. The summed E-state index contributed by atoms with van der Waals surface area (Å²) < 4.78 is 48.5. The maximum atomic E-state index is 12.5. The van der Waals surface area contributed by atoms with Crippen molar-refractivity contribution >= 4 is 112 Å².